The summed E-state index contributed by atoms with van der Waals surface area (Å²) >= 11 is 0. The van der Waals surface area contributed by atoms with E-state index in [4.69, 9.17) is 4.42 Å². The van der Waals surface area contributed by atoms with E-state index in [2.05, 4.69) is 10.3 Å². The molecule has 0 saturated carbocycles. The van der Waals surface area contributed by atoms with Gasteiger partial charge in [-0.05, 0) is 38.3 Å². The number of amides is 1. The average molecular weight is 249 g/mol. The van der Waals surface area contributed by atoms with Gasteiger partial charge in [0.25, 0.3) is 5.91 Å². The number of aromatic nitrogens is 1. The van der Waals surface area contributed by atoms with Crippen LogP contribution < -0.4 is 5.32 Å². The van der Waals surface area contributed by atoms with Crippen LogP contribution in [0.1, 0.15) is 28.6 Å². The van der Waals surface area contributed by atoms with Crippen molar-refractivity contribution in [3.63, 3.8) is 0 Å². The molecule has 1 aromatic rings. The summed E-state index contributed by atoms with van der Waals surface area (Å²) in [6, 6.07) is 0. The minimum absolute atomic E-state index is 0.00144. The normalized spacial score (nSPS) is 27.3. The highest BCUT2D eigenvalue weighted by atomic mass is 16.4. The van der Waals surface area contributed by atoms with Crippen LogP contribution in [0.3, 0.4) is 0 Å². The van der Waals surface area contributed by atoms with Gasteiger partial charge in [-0.2, -0.15) is 0 Å². The molecule has 2 saturated heterocycles. The van der Waals surface area contributed by atoms with Crippen molar-refractivity contribution in [2.75, 3.05) is 26.2 Å². The van der Waals surface area contributed by atoms with Gasteiger partial charge in [0.2, 0.25) is 5.76 Å². The molecule has 2 aliphatic rings. The Balaban J connectivity index is 1.75. The van der Waals surface area contributed by atoms with Gasteiger partial charge in [0, 0.05) is 20.0 Å². The first kappa shape index (κ1) is 11.7. The minimum Gasteiger partial charge on any atom is -0.436 e. The van der Waals surface area contributed by atoms with Gasteiger partial charge >= 0.3 is 0 Å². The predicted octanol–water partition coefficient (Wildman–Crippen LogP) is 0.973. The van der Waals surface area contributed by atoms with Gasteiger partial charge in [-0.15, -0.1) is 0 Å². The van der Waals surface area contributed by atoms with Crippen LogP contribution in [0.15, 0.2) is 4.42 Å². The number of piperidine rings is 1. The molecule has 2 atom stereocenters. The lowest BCUT2D eigenvalue weighted by Gasteiger charge is -2.33. The van der Waals surface area contributed by atoms with Crippen molar-refractivity contribution in [2.45, 2.75) is 20.3 Å². The fourth-order valence-corrected chi connectivity index (χ4v) is 3.09. The van der Waals surface area contributed by atoms with Crippen LogP contribution in [0.4, 0.5) is 0 Å². The fraction of sp³-hybridized carbons (Fsp3) is 0.692. The number of hydrogen-bond acceptors (Lipinski definition) is 4. The largest absolute Gasteiger partial charge is 0.436 e. The predicted molar refractivity (Wildman–Crippen MR) is 66.3 cm³/mol. The molecule has 2 unspecified atom stereocenters. The maximum Gasteiger partial charge on any atom is 0.291 e. The van der Waals surface area contributed by atoms with Crippen molar-refractivity contribution in [1.29, 1.82) is 0 Å². The third-order valence-corrected chi connectivity index (χ3v) is 4.09. The van der Waals surface area contributed by atoms with Crippen LogP contribution in [0.5, 0.6) is 0 Å². The average Bonchev–Trinajstić information content (AvgIpc) is 2.93. The topological polar surface area (TPSA) is 58.4 Å². The third-order valence-electron chi connectivity index (χ3n) is 4.09. The van der Waals surface area contributed by atoms with Crippen LogP contribution in [0.25, 0.3) is 0 Å². The van der Waals surface area contributed by atoms with Gasteiger partial charge in [-0.1, -0.05) is 0 Å². The first-order chi connectivity index (χ1) is 8.65. The Hall–Kier alpha value is -1.36. The molecule has 2 fully saturated rings. The summed E-state index contributed by atoms with van der Waals surface area (Å²) < 4.78 is 5.42. The van der Waals surface area contributed by atoms with Gasteiger partial charge in [0.15, 0.2) is 5.89 Å². The molecule has 3 heterocycles. The maximum atomic E-state index is 12.4. The summed E-state index contributed by atoms with van der Waals surface area (Å²) in [6.07, 6.45) is 1.09. The molecule has 18 heavy (non-hydrogen) atoms. The molecule has 0 spiro atoms. The summed E-state index contributed by atoms with van der Waals surface area (Å²) in [7, 11) is 0. The standard InChI is InChI=1S/C13H19N3O2/c1-8-12(18-9(2)15-8)13(17)16-4-3-10-5-14-6-11(10)7-16/h10-11,14H,3-7H2,1-2H3. The van der Waals surface area contributed by atoms with Gasteiger partial charge in [-0.3, -0.25) is 4.79 Å². The number of likely N-dealkylation sites (tertiary alicyclic amines) is 1. The van der Waals surface area contributed by atoms with Crippen molar-refractivity contribution < 1.29 is 9.21 Å². The van der Waals surface area contributed by atoms with Crippen LogP contribution in [0.2, 0.25) is 0 Å². The third kappa shape index (κ3) is 1.92. The van der Waals surface area contributed by atoms with E-state index in [1.54, 1.807) is 6.92 Å². The zero-order valence-corrected chi connectivity index (χ0v) is 10.9. The van der Waals surface area contributed by atoms with E-state index in [0.29, 0.717) is 23.3 Å². The van der Waals surface area contributed by atoms with E-state index in [1.807, 2.05) is 11.8 Å². The minimum atomic E-state index is -0.00144. The molecule has 0 radical (unpaired) electrons. The number of carbonyl (C=O) groups excluding carboxylic acids is 1. The second-order valence-corrected chi connectivity index (χ2v) is 5.37. The number of rotatable bonds is 1. The van der Waals surface area contributed by atoms with Gasteiger partial charge in [-0.25, -0.2) is 4.98 Å². The summed E-state index contributed by atoms with van der Waals surface area (Å²) in [5, 5.41) is 3.41. The molecule has 1 N–H and O–H groups in total. The molecule has 0 aromatic carbocycles. The first-order valence-electron chi connectivity index (χ1n) is 6.59. The Morgan fingerprint density at radius 3 is 2.89 bits per heavy atom. The monoisotopic (exact) mass is 249 g/mol. The molecule has 5 heteroatoms. The lowest BCUT2D eigenvalue weighted by molar-refractivity contribution is 0.0608. The number of fused-ring (bicyclic) bond motifs is 1. The van der Waals surface area contributed by atoms with Gasteiger partial charge < -0.3 is 14.6 Å². The SMILES string of the molecule is Cc1nc(C)c(C(=O)N2CCC3CNCC3C2)o1. The van der Waals surface area contributed by atoms with E-state index in [-0.39, 0.29) is 5.91 Å². The first-order valence-corrected chi connectivity index (χ1v) is 6.59. The number of aryl methyl sites for hydroxylation is 2. The summed E-state index contributed by atoms with van der Waals surface area (Å²) in [5.74, 6) is 2.32. The second-order valence-electron chi connectivity index (χ2n) is 5.37. The Morgan fingerprint density at radius 2 is 2.17 bits per heavy atom. The smallest absolute Gasteiger partial charge is 0.291 e. The highest BCUT2D eigenvalue weighted by molar-refractivity contribution is 5.92. The number of hydrogen-bond donors (Lipinski definition) is 1. The van der Waals surface area contributed by atoms with Crippen molar-refractivity contribution in [3.8, 4) is 0 Å². The van der Waals surface area contributed by atoms with Crippen LogP contribution in [0, 0.1) is 25.7 Å². The van der Waals surface area contributed by atoms with Crippen LogP contribution in [-0.4, -0.2) is 42.0 Å². The number of nitrogens with one attached hydrogen (secondary N) is 1. The fourth-order valence-electron chi connectivity index (χ4n) is 3.09. The molecule has 0 bridgehead atoms. The van der Waals surface area contributed by atoms with E-state index < -0.39 is 0 Å². The molecular weight excluding hydrogens is 230 g/mol. The second kappa shape index (κ2) is 4.39. The van der Waals surface area contributed by atoms with E-state index >= 15 is 0 Å². The number of nitrogens with zero attached hydrogens (tertiary/aromatic N) is 2. The molecule has 1 amide bonds. The molecule has 5 nitrogen and oxygen atoms in total. The van der Waals surface area contributed by atoms with Crippen molar-refractivity contribution in [2.24, 2.45) is 11.8 Å². The zero-order valence-electron chi connectivity index (χ0n) is 10.9. The Kier molecular flexibility index (Phi) is 2.86. The summed E-state index contributed by atoms with van der Waals surface area (Å²) in [5.41, 5.74) is 0.698. The molecule has 0 aliphatic carbocycles. The lowest BCUT2D eigenvalue weighted by Crippen LogP contribution is -2.43. The Morgan fingerprint density at radius 1 is 1.39 bits per heavy atom. The van der Waals surface area contributed by atoms with Crippen molar-refractivity contribution in [1.82, 2.24) is 15.2 Å². The van der Waals surface area contributed by atoms with Gasteiger partial charge in [0.1, 0.15) is 0 Å². The maximum absolute atomic E-state index is 12.4. The van der Waals surface area contributed by atoms with E-state index in [1.165, 1.54) is 0 Å². The Labute approximate surface area is 107 Å². The van der Waals surface area contributed by atoms with E-state index in [9.17, 15) is 4.79 Å². The van der Waals surface area contributed by atoms with Crippen molar-refractivity contribution >= 4 is 5.91 Å². The molecule has 98 valence electrons. The van der Waals surface area contributed by atoms with Crippen molar-refractivity contribution in [3.05, 3.63) is 17.3 Å². The number of carbonyl (C=O) groups is 1. The Bertz CT molecular complexity index is 469. The van der Waals surface area contributed by atoms with Gasteiger partial charge in [0.05, 0.1) is 5.69 Å². The highest BCUT2D eigenvalue weighted by Crippen LogP contribution is 2.27. The van der Waals surface area contributed by atoms with Crippen LogP contribution >= 0.6 is 0 Å². The molecule has 1 aromatic heterocycles. The highest BCUT2D eigenvalue weighted by Gasteiger charge is 2.35. The zero-order chi connectivity index (χ0) is 12.7. The summed E-state index contributed by atoms with van der Waals surface area (Å²) in [4.78, 5) is 18.5. The molecule has 2 aliphatic heterocycles. The summed E-state index contributed by atoms with van der Waals surface area (Å²) in [6.45, 7) is 7.41. The number of oxazole rings is 1. The van der Waals surface area contributed by atoms with E-state index in [0.717, 1.165) is 38.5 Å². The quantitative estimate of drug-likeness (QED) is 0.806. The lowest BCUT2D eigenvalue weighted by atomic mass is 9.88. The molecular formula is C13H19N3O2. The van der Waals surface area contributed by atoms with Crippen LogP contribution in [-0.2, 0) is 0 Å². The molecule has 3 rings (SSSR count).